The molecular weight excluding hydrogens is 216 g/mol. The Morgan fingerprint density at radius 3 is 3.07 bits per heavy atom. The minimum Gasteiger partial charge on any atom is -0.385 e. The van der Waals surface area contributed by atoms with E-state index in [4.69, 9.17) is 11.6 Å². The Morgan fingerprint density at radius 2 is 2.33 bits per heavy atom. The van der Waals surface area contributed by atoms with Crippen LogP contribution in [0.1, 0.15) is 11.8 Å². The van der Waals surface area contributed by atoms with Gasteiger partial charge in [0.1, 0.15) is 11.3 Å². The van der Waals surface area contributed by atoms with E-state index in [9.17, 15) is 5.11 Å². The van der Waals surface area contributed by atoms with E-state index in [2.05, 4.69) is 15.3 Å². The van der Waals surface area contributed by atoms with Crippen LogP contribution in [0.15, 0.2) is 18.6 Å². The fourth-order valence-electron chi connectivity index (χ4n) is 1.43. The summed E-state index contributed by atoms with van der Waals surface area (Å²) in [4.78, 5) is 8.03. The summed E-state index contributed by atoms with van der Waals surface area (Å²) in [5.74, 6) is 0. The molecule has 15 heavy (non-hydrogen) atoms. The molecule has 6 heteroatoms. The number of aliphatic hydroxyl groups is 1. The first kappa shape index (κ1) is 10.4. The van der Waals surface area contributed by atoms with E-state index < -0.39 is 6.10 Å². The molecule has 0 saturated carbocycles. The summed E-state index contributed by atoms with van der Waals surface area (Å²) in [7, 11) is 1.78. The Bertz CT molecular complexity index is 470. The van der Waals surface area contributed by atoms with Crippen molar-refractivity contribution in [2.24, 2.45) is 0 Å². The average Bonchev–Trinajstić information content (AvgIpc) is 2.60. The van der Waals surface area contributed by atoms with Crippen molar-refractivity contribution in [1.82, 2.24) is 19.7 Å². The van der Waals surface area contributed by atoms with E-state index in [-0.39, 0.29) is 0 Å². The number of hydrogen-bond acceptors (Lipinski definition) is 4. The van der Waals surface area contributed by atoms with Crippen molar-refractivity contribution >= 4 is 17.2 Å². The lowest BCUT2D eigenvalue weighted by Crippen LogP contribution is -2.17. The molecule has 0 aromatic carbocycles. The van der Waals surface area contributed by atoms with Gasteiger partial charge in [-0.1, -0.05) is 11.6 Å². The number of fused-ring (bicyclic) bond motifs is 1. The van der Waals surface area contributed by atoms with Crippen LogP contribution in [0.2, 0.25) is 5.15 Å². The lowest BCUT2D eigenvalue weighted by molar-refractivity contribution is 0.172. The molecule has 2 heterocycles. The number of aromatic nitrogens is 3. The van der Waals surface area contributed by atoms with Crippen molar-refractivity contribution in [3.05, 3.63) is 29.4 Å². The highest BCUT2D eigenvalue weighted by Crippen LogP contribution is 2.15. The number of imidazole rings is 1. The third kappa shape index (κ3) is 1.94. The second kappa shape index (κ2) is 4.14. The van der Waals surface area contributed by atoms with E-state index in [1.807, 2.05) is 0 Å². The van der Waals surface area contributed by atoms with Crippen molar-refractivity contribution in [3.8, 4) is 0 Å². The molecular formula is C9H11ClN4O. The van der Waals surface area contributed by atoms with Crippen molar-refractivity contribution in [2.75, 3.05) is 13.6 Å². The summed E-state index contributed by atoms with van der Waals surface area (Å²) in [6.07, 6.45) is 4.22. The molecule has 2 rings (SSSR count). The zero-order chi connectivity index (χ0) is 10.8. The Kier molecular flexibility index (Phi) is 2.86. The smallest absolute Gasteiger partial charge is 0.155 e. The van der Waals surface area contributed by atoms with Crippen molar-refractivity contribution in [1.29, 1.82) is 0 Å². The third-order valence-electron chi connectivity index (χ3n) is 2.13. The summed E-state index contributed by atoms with van der Waals surface area (Å²) in [5, 5.41) is 13.1. The second-order valence-electron chi connectivity index (χ2n) is 3.19. The molecule has 2 aromatic heterocycles. The van der Waals surface area contributed by atoms with Crippen LogP contribution >= 0.6 is 11.6 Å². The maximum absolute atomic E-state index is 9.81. The van der Waals surface area contributed by atoms with Crippen LogP contribution in [0.25, 0.3) is 5.65 Å². The van der Waals surface area contributed by atoms with Crippen LogP contribution in [0.4, 0.5) is 0 Å². The molecule has 2 N–H and O–H groups in total. The average molecular weight is 227 g/mol. The Hall–Kier alpha value is -1.17. The molecule has 1 unspecified atom stereocenters. The highest BCUT2D eigenvalue weighted by molar-refractivity contribution is 6.29. The van der Waals surface area contributed by atoms with Gasteiger partial charge in [0.05, 0.1) is 18.1 Å². The van der Waals surface area contributed by atoms with Gasteiger partial charge in [0.25, 0.3) is 0 Å². The highest BCUT2D eigenvalue weighted by Gasteiger charge is 2.12. The van der Waals surface area contributed by atoms with Gasteiger partial charge in [-0.05, 0) is 7.05 Å². The molecule has 0 aliphatic heterocycles. The fourth-order valence-corrected chi connectivity index (χ4v) is 1.58. The van der Waals surface area contributed by atoms with Gasteiger partial charge in [-0.2, -0.15) is 0 Å². The fraction of sp³-hybridized carbons (Fsp3) is 0.333. The topological polar surface area (TPSA) is 62.5 Å². The van der Waals surface area contributed by atoms with Gasteiger partial charge in [-0.25, -0.2) is 9.97 Å². The summed E-state index contributed by atoms with van der Waals surface area (Å²) < 4.78 is 1.73. The standard InChI is InChI=1S/C9H11ClN4O/c1-11-3-7(15)6-2-13-9-4-12-8(10)5-14(6)9/h2,4-5,7,11,15H,3H2,1H3. The molecule has 0 fully saturated rings. The van der Waals surface area contributed by atoms with Crippen LogP contribution in [0.3, 0.4) is 0 Å². The van der Waals surface area contributed by atoms with Gasteiger partial charge in [0.15, 0.2) is 5.65 Å². The molecule has 1 atom stereocenters. The van der Waals surface area contributed by atoms with Crippen LogP contribution in [-0.2, 0) is 0 Å². The number of halogens is 1. The molecule has 5 nitrogen and oxygen atoms in total. The van der Waals surface area contributed by atoms with Crippen molar-refractivity contribution in [2.45, 2.75) is 6.10 Å². The van der Waals surface area contributed by atoms with Gasteiger partial charge in [-0.3, -0.25) is 4.40 Å². The monoisotopic (exact) mass is 226 g/mol. The Morgan fingerprint density at radius 1 is 1.53 bits per heavy atom. The first-order valence-corrected chi connectivity index (χ1v) is 4.91. The quantitative estimate of drug-likeness (QED) is 0.806. The molecule has 0 amide bonds. The third-order valence-corrected chi connectivity index (χ3v) is 2.33. The summed E-state index contributed by atoms with van der Waals surface area (Å²) in [6, 6.07) is 0. The minimum atomic E-state index is -0.608. The maximum atomic E-state index is 9.81. The summed E-state index contributed by atoms with van der Waals surface area (Å²) >= 11 is 5.77. The second-order valence-corrected chi connectivity index (χ2v) is 3.58. The molecule has 0 spiro atoms. The van der Waals surface area contributed by atoms with E-state index >= 15 is 0 Å². The molecule has 0 saturated heterocycles. The first-order valence-electron chi connectivity index (χ1n) is 4.53. The largest absolute Gasteiger partial charge is 0.385 e. The van der Waals surface area contributed by atoms with Gasteiger partial charge in [0, 0.05) is 12.7 Å². The predicted molar refractivity (Wildman–Crippen MR) is 56.9 cm³/mol. The molecule has 0 radical (unpaired) electrons. The normalized spacial score (nSPS) is 13.3. The summed E-state index contributed by atoms with van der Waals surface area (Å²) in [6.45, 7) is 0.466. The first-order chi connectivity index (χ1) is 7.22. The van der Waals surface area contributed by atoms with E-state index in [0.29, 0.717) is 23.0 Å². The van der Waals surface area contributed by atoms with Gasteiger partial charge >= 0.3 is 0 Å². The van der Waals surface area contributed by atoms with E-state index in [1.54, 1.807) is 30.0 Å². The van der Waals surface area contributed by atoms with Crippen molar-refractivity contribution in [3.63, 3.8) is 0 Å². The SMILES string of the molecule is CNCC(O)c1cnc2cnc(Cl)cn12. The number of nitrogens with zero attached hydrogens (tertiary/aromatic N) is 3. The highest BCUT2D eigenvalue weighted by atomic mass is 35.5. The van der Waals surface area contributed by atoms with E-state index in [1.165, 1.54) is 0 Å². The Labute approximate surface area is 91.7 Å². The molecule has 0 aliphatic rings. The number of rotatable bonds is 3. The zero-order valence-corrected chi connectivity index (χ0v) is 8.94. The molecule has 80 valence electrons. The number of nitrogens with one attached hydrogen (secondary N) is 1. The maximum Gasteiger partial charge on any atom is 0.155 e. The number of aliphatic hydroxyl groups excluding tert-OH is 1. The van der Waals surface area contributed by atoms with Crippen LogP contribution in [-0.4, -0.2) is 33.1 Å². The van der Waals surface area contributed by atoms with E-state index in [0.717, 1.165) is 0 Å². The van der Waals surface area contributed by atoms with Gasteiger partial charge in [-0.15, -0.1) is 0 Å². The molecule has 0 aliphatic carbocycles. The lowest BCUT2D eigenvalue weighted by atomic mass is 10.3. The van der Waals surface area contributed by atoms with Crippen LogP contribution in [0, 0.1) is 0 Å². The zero-order valence-electron chi connectivity index (χ0n) is 8.18. The number of hydrogen-bond donors (Lipinski definition) is 2. The van der Waals surface area contributed by atoms with Gasteiger partial charge < -0.3 is 10.4 Å². The molecule has 0 bridgehead atoms. The van der Waals surface area contributed by atoms with Gasteiger partial charge in [0.2, 0.25) is 0 Å². The summed E-state index contributed by atoms with van der Waals surface area (Å²) in [5.41, 5.74) is 1.37. The number of likely N-dealkylation sites (N-methyl/N-ethyl adjacent to an activating group) is 1. The minimum absolute atomic E-state index is 0.374. The lowest BCUT2D eigenvalue weighted by Gasteiger charge is -2.09. The van der Waals surface area contributed by atoms with Crippen molar-refractivity contribution < 1.29 is 5.11 Å². The molecule has 2 aromatic rings. The van der Waals surface area contributed by atoms with Crippen LogP contribution in [0.5, 0.6) is 0 Å². The Balaban J connectivity index is 2.47. The predicted octanol–water partition coefficient (Wildman–Crippen LogP) is 0.636. The van der Waals surface area contributed by atoms with Crippen LogP contribution < -0.4 is 5.32 Å².